The first-order valence-corrected chi connectivity index (χ1v) is 5.69. The Morgan fingerprint density at radius 3 is 2.56 bits per heavy atom. The first kappa shape index (κ1) is 12.6. The number of rotatable bonds is 5. The minimum absolute atomic E-state index is 0.0701. The molecule has 0 spiro atoms. The molecule has 0 aromatic heterocycles. The smallest absolute Gasteiger partial charge is 0.239 e. The second-order valence-electron chi connectivity index (χ2n) is 4.07. The molecule has 1 aromatic carbocycles. The maximum Gasteiger partial charge on any atom is 0.239 e. The van der Waals surface area contributed by atoms with E-state index in [0.717, 1.165) is 12.1 Å². The number of para-hydroxylation sites is 1. The van der Waals surface area contributed by atoms with Crippen LogP contribution in [0.3, 0.4) is 0 Å². The second kappa shape index (κ2) is 6.16. The number of nitrogens with zero attached hydrogens (tertiary/aromatic N) is 1. The van der Waals surface area contributed by atoms with Crippen LogP contribution in [-0.4, -0.2) is 25.5 Å². The summed E-state index contributed by atoms with van der Waals surface area (Å²) in [6.45, 7) is 4.47. The standard InChI is InChI=1S/C13H20N2O/c1-4-11(2)14-13(16)10-15(3)12-8-6-5-7-9-12/h5-9,11H,4,10H2,1-3H3,(H,14,16)/t11-/m1/s1. The Hall–Kier alpha value is -1.51. The second-order valence-corrected chi connectivity index (χ2v) is 4.07. The highest BCUT2D eigenvalue weighted by molar-refractivity contribution is 5.81. The SMILES string of the molecule is CC[C@@H](C)NC(=O)CN(C)c1ccccc1. The Bertz CT molecular complexity index is 324. The third kappa shape index (κ3) is 3.93. The number of nitrogens with one attached hydrogen (secondary N) is 1. The molecule has 1 N–H and O–H groups in total. The summed E-state index contributed by atoms with van der Waals surface area (Å²) in [6.07, 6.45) is 0.959. The molecule has 0 saturated heterocycles. The van der Waals surface area contributed by atoms with Crippen molar-refractivity contribution in [3.05, 3.63) is 30.3 Å². The third-order valence-electron chi connectivity index (χ3n) is 2.60. The molecule has 0 radical (unpaired) electrons. The van der Waals surface area contributed by atoms with Crippen LogP contribution in [0.15, 0.2) is 30.3 Å². The van der Waals surface area contributed by atoms with E-state index < -0.39 is 0 Å². The fourth-order valence-corrected chi connectivity index (χ4v) is 1.41. The van der Waals surface area contributed by atoms with Gasteiger partial charge in [-0.25, -0.2) is 0 Å². The Morgan fingerprint density at radius 2 is 2.00 bits per heavy atom. The molecule has 3 heteroatoms. The Labute approximate surface area is 97.5 Å². The van der Waals surface area contributed by atoms with Crippen LogP contribution in [0.5, 0.6) is 0 Å². The zero-order valence-corrected chi connectivity index (χ0v) is 10.2. The lowest BCUT2D eigenvalue weighted by Crippen LogP contribution is -2.39. The van der Waals surface area contributed by atoms with Gasteiger partial charge >= 0.3 is 0 Å². The molecular weight excluding hydrogens is 200 g/mol. The summed E-state index contributed by atoms with van der Waals surface area (Å²) < 4.78 is 0. The van der Waals surface area contributed by atoms with Gasteiger partial charge in [0.1, 0.15) is 0 Å². The van der Waals surface area contributed by atoms with Gasteiger partial charge in [0.2, 0.25) is 5.91 Å². The molecule has 1 atom stereocenters. The average molecular weight is 220 g/mol. The number of anilines is 1. The summed E-state index contributed by atoms with van der Waals surface area (Å²) in [4.78, 5) is 13.6. The summed E-state index contributed by atoms with van der Waals surface area (Å²) in [5.74, 6) is 0.0701. The van der Waals surface area contributed by atoms with Crippen molar-refractivity contribution >= 4 is 11.6 Å². The largest absolute Gasteiger partial charge is 0.365 e. The summed E-state index contributed by atoms with van der Waals surface area (Å²) in [5, 5.41) is 2.95. The number of carbonyl (C=O) groups is 1. The van der Waals surface area contributed by atoms with Gasteiger partial charge in [-0.2, -0.15) is 0 Å². The van der Waals surface area contributed by atoms with Crippen molar-refractivity contribution in [1.82, 2.24) is 5.32 Å². The van der Waals surface area contributed by atoms with Crippen molar-refractivity contribution < 1.29 is 4.79 Å². The van der Waals surface area contributed by atoms with Gasteiger partial charge in [-0.3, -0.25) is 4.79 Å². The van der Waals surface area contributed by atoms with Gasteiger partial charge in [-0.15, -0.1) is 0 Å². The molecule has 16 heavy (non-hydrogen) atoms. The van der Waals surface area contributed by atoms with Crippen LogP contribution in [-0.2, 0) is 4.79 Å². The molecule has 0 aliphatic rings. The summed E-state index contributed by atoms with van der Waals surface area (Å²) in [7, 11) is 1.92. The topological polar surface area (TPSA) is 32.3 Å². The maximum atomic E-state index is 11.6. The van der Waals surface area contributed by atoms with Gasteiger partial charge in [0.05, 0.1) is 6.54 Å². The molecule has 88 valence electrons. The van der Waals surface area contributed by atoms with E-state index in [2.05, 4.69) is 12.2 Å². The van der Waals surface area contributed by atoms with Crippen LogP contribution in [0.1, 0.15) is 20.3 Å². The lowest BCUT2D eigenvalue weighted by atomic mass is 10.2. The highest BCUT2D eigenvalue weighted by atomic mass is 16.2. The monoisotopic (exact) mass is 220 g/mol. The van der Waals surface area contributed by atoms with Crippen LogP contribution in [0, 0.1) is 0 Å². The summed E-state index contributed by atoms with van der Waals surface area (Å²) in [5.41, 5.74) is 1.06. The zero-order chi connectivity index (χ0) is 12.0. The van der Waals surface area contributed by atoms with Crippen molar-refractivity contribution in [3.63, 3.8) is 0 Å². The van der Waals surface area contributed by atoms with E-state index in [9.17, 15) is 4.79 Å². The predicted molar refractivity (Wildman–Crippen MR) is 67.6 cm³/mol. The van der Waals surface area contributed by atoms with Crippen LogP contribution >= 0.6 is 0 Å². The number of carbonyl (C=O) groups excluding carboxylic acids is 1. The van der Waals surface area contributed by atoms with E-state index in [1.165, 1.54) is 0 Å². The number of hydrogen-bond acceptors (Lipinski definition) is 2. The molecule has 1 amide bonds. The van der Waals surface area contributed by atoms with E-state index in [1.807, 2.05) is 49.2 Å². The molecule has 1 aromatic rings. The molecule has 0 saturated carbocycles. The van der Waals surface area contributed by atoms with Crippen molar-refractivity contribution in [2.75, 3.05) is 18.5 Å². The summed E-state index contributed by atoms with van der Waals surface area (Å²) in [6, 6.07) is 10.2. The Balaban J connectivity index is 2.46. The zero-order valence-electron chi connectivity index (χ0n) is 10.2. The van der Waals surface area contributed by atoms with Gasteiger partial charge in [-0.1, -0.05) is 25.1 Å². The predicted octanol–water partition coefficient (Wildman–Crippen LogP) is 2.04. The van der Waals surface area contributed by atoms with Crippen molar-refractivity contribution in [2.45, 2.75) is 26.3 Å². The quantitative estimate of drug-likeness (QED) is 0.823. The van der Waals surface area contributed by atoms with Gasteiger partial charge < -0.3 is 10.2 Å². The fraction of sp³-hybridized carbons (Fsp3) is 0.462. The lowest BCUT2D eigenvalue weighted by molar-refractivity contribution is -0.120. The molecule has 0 aliphatic heterocycles. The highest BCUT2D eigenvalue weighted by Gasteiger charge is 2.08. The van der Waals surface area contributed by atoms with Crippen molar-refractivity contribution in [3.8, 4) is 0 Å². The van der Waals surface area contributed by atoms with E-state index in [-0.39, 0.29) is 11.9 Å². The normalized spacial score (nSPS) is 11.9. The van der Waals surface area contributed by atoms with Gasteiger partial charge in [0.25, 0.3) is 0 Å². The molecular formula is C13H20N2O. The molecule has 0 aliphatic carbocycles. The van der Waals surface area contributed by atoms with Crippen LogP contribution in [0.25, 0.3) is 0 Å². The van der Waals surface area contributed by atoms with Gasteiger partial charge in [-0.05, 0) is 25.5 Å². The molecule has 1 rings (SSSR count). The first-order valence-electron chi connectivity index (χ1n) is 5.69. The van der Waals surface area contributed by atoms with E-state index in [1.54, 1.807) is 0 Å². The average Bonchev–Trinajstić information content (AvgIpc) is 2.29. The van der Waals surface area contributed by atoms with E-state index in [0.29, 0.717) is 6.54 Å². The molecule has 0 fully saturated rings. The van der Waals surface area contributed by atoms with Crippen molar-refractivity contribution in [1.29, 1.82) is 0 Å². The molecule has 3 nitrogen and oxygen atoms in total. The third-order valence-corrected chi connectivity index (χ3v) is 2.60. The van der Waals surface area contributed by atoms with E-state index in [4.69, 9.17) is 0 Å². The number of likely N-dealkylation sites (N-methyl/N-ethyl adjacent to an activating group) is 1. The highest BCUT2D eigenvalue weighted by Crippen LogP contribution is 2.09. The Kier molecular flexibility index (Phi) is 4.83. The summed E-state index contributed by atoms with van der Waals surface area (Å²) >= 11 is 0. The van der Waals surface area contributed by atoms with Crippen molar-refractivity contribution in [2.24, 2.45) is 0 Å². The number of amides is 1. The number of benzene rings is 1. The van der Waals surface area contributed by atoms with Crippen LogP contribution < -0.4 is 10.2 Å². The minimum Gasteiger partial charge on any atom is -0.365 e. The van der Waals surface area contributed by atoms with Gasteiger partial charge in [0.15, 0.2) is 0 Å². The number of hydrogen-bond donors (Lipinski definition) is 1. The fourth-order valence-electron chi connectivity index (χ4n) is 1.41. The Morgan fingerprint density at radius 1 is 1.38 bits per heavy atom. The van der Waals surface area contributed by atoms with Gasteiger partial charge in [0, 0.05) is 18.8 Å². The van der Waals surface area contributed by atoms with Crippen LogP contribution in [0.4, 0.5) is 5.69 Å². The van der Waals surface area contributed by atoms with E-state index >= 15 is 0 Å². The first-order chi connectivity index (χ1) is 7.63. The molecule has 0 heterocycles. The molecule has 0 bridgehead atoms. The minimum atomic E-state index is 0.0701. The molecule has 0 unspecified atom stereocenters. The maximum absolute atomic E-state index is 11.6. The van der Waals surface area contributed by atoms with Crippen LogP contribution in [0.2, 0.25) is 0 Å². The lowest BCUT2D eigenvalue weighted by Gasteiger charge is -2.20.